The maximum Gasteiger partial charge on any atom is 0.434 e. The lowest BCUT2D eigenvalue weighted by molar-refractivity contribution is 0.379. The molecule has 0 bridgehead atoms. The highest BCUT2D eigenvalue weighted by atomic mass is 19.2. The van der Waals surface area contributed by atoms with E-state index in [0.29, 0.717) is 12.4 Å². The molecule has 0 atom stereocenters. The average molecular weight is 1090 g/mol. The van der Waals surface area contributed by atoms with E-state index in [1.165, 1.54) is 0 Å². The number of rotatable bonds is 10. The van der Waals surface area contributed by atoms with E-state index in [1.54, 1.807) is 0 Å². The molecular formula is C39HB2F30N2. The standard InChI is InChI=1S/C39HB2F30N2/c42-10-4(11(43)23(55)34(66)22(10)54)40(5-12(44)24(56)35(67)25(57)13(5)45,6-14(46)26(58)36(68)27(59)15(6)47)72-2-1-3-73-41(7-16(48)28(60)37(69)29(61)17(7)49,8-18(50)30(62)38(70)31(63)19(8)51)9-20(52)32(64)39(71)33(65)21(9)53/h1H. The molecule has 6 aromatic rings. The molecule has 0 N–H and O–H groups in total. The molecule has 73 heavy (non-hydrogen) atoms. The highest BCUT2D eigenvalue weighted by Gasteiger charge is 2.60. The third-order valence-electron chi connectivity index (χ3n) is 10.6. The maximum atomic E-state index is 15.8. The normalized spacial score (nSPS) is 12.5. The van der Waals surface area contributed by atoms with Gasteiger partial charge in [0.25, 0.3) is 12.4 Å². The van der Waals surface area contributed by atoms with E-state index in [4.69, 9.17) is 0 Å². The smallest absolute Gasteiger partial charge is 0.219 e. The van der Waals surface area contributed by atoms with Crippen molar-refractivity contribution in [3.05, 3.63) is 181 Å². The van der Waals surface area contributed by atoms with Gasteiger partial charge in [-0.1, -0.05) is 0 Å². The Morgan fingerprint density at radius 3 is 0.384 bits per heavy atom. The van der Waals surface area contributed by atoms with Crippen LogP contribution >= 0.6 is 0 Å². The van der Waals surface area contributed by atoms with Gasteiger partial charge in [-0.3, -0.25) is 0 Å². The third kappa shape index (κ3) is 7.62. The van der Waals surface area contributed by atoms with Crippen molar-refractivity contribution < 1.29 is 132 Å². The van der Waals surface area contributed by atoms with Gasteiger partial charge in [-0.25, -0.2) is 142 Å². The van der Waals surface area contributed by atoms with Crippen LogP contribution in [0.5, 0.6) is 0 Å². The molecule has 0 aromatic heterocycles. The summed E-state index contributed by atoms with van der Waals surface area (Å²) in [7, 11) is 0. The number of hydrogen-bond donors (Lipinski definition) is 0. The second-order valence-electron chi connectivity index (χ2n) is 14.2. The van der Waals surface area contributed by atoms with Crippen LogP contribution in [0, 0.1) is 181 Å². The van der Waals surface area contributed by atoms with E-state index in [2.05, 4.69) is 9.81 Å². The van der Waals surface area contributed by atoms with Crippen molar-refractivity contribution in [2.75, 3.05) is 0 Å². The van der Waals surface area contributed by atoms with E-state index < -0.39 is 226 Å². The molecule has 0 saturated heterocycles. The topological polar surface area (TPSA) is 28.2 Å². The van der Waals surface area contributed by atoms with Gasteiger partial charge in [0.2, 0.25) is 0 Å². The van der Waals surface area contributed by atoms with Crippen LogP contribution in [-0.4, -0.2) is 25.0 Å². The van der Waals surface area contributed by atoms with Gasteiger partial charge in [-0.05, 0) is 32.8 Å². The van der Waals surface area contributed by atoms with Crippen molar-refractivity contribution in [1.29, 1.82) is 0 Å². The molecule has 0 unspecified atom stereocenters. The molecule has 6 rings (SSSR count). The molecule has 0 aliphatic heterocycles. The van der Waals surface area contributed by atoms with Crippen molar-refractivity contribution in [1.82, 2.24) is 9.81 Å². The van der Waals surface area contributed by atoms with Gasteiger partial charge < -0.3 is 0 Å². The molecule has 6 aromatic carbocycles. The number of hydrogen-bond acceptors (Lipinski definition) is 2. The summed E-state index contributed by atoms with van der Waals surface area (Å²) in [5, 5.41) is 0. The highest BCUT2D eigenvalue weighted by Crippen LogP contribution is 2.30. The summed E-state index contributed by atoms with van der Waals surface area (Å²) in [5.41, 5.74) is -21.2. The fourth-order valence-corrected chi connectivity index (χ4v) is 7.51. The fourth-order valence-electron chi connectivity index (χ4n) is 7.51. The zero-order valence-corrected chi connectivity index (χ0v) is 33.0. The first-order valence-electron chi connectivity index (χ1n) is 17.9. The Balaban J connectivity index is 1.90. The zero-order valence-electron chi connectivity index (χ0n) is 33.0. The Morgan fingerprint density at radius 2 is 0.274 bits per heavy atom. The van der Waals surface area contributed by atoms with E-state index in [-0.39, 0.29) is 0 Å². The minimum Gasteiger partial charge on any atom is -0.219 e. The second kappa shape index (κ2) is 18.9. The Labute approximate surface area is 380 Å². The van der Waals surface area contributed by atoms with E-state index in [9.17, 15) is 79.0 Å². The summed E-state index contributed by atoms with van der Waals surface area (Å²) in [5.74, 6) is -109. The van der Waals surface area contributed by atoms with Gasteiger partial charge in [-0.15, -0.1) is 0 Å². The fraction of sp³-hybridized carbons (Fsp3) is 0. The minimum atomic E-state index is -7.06. The summed E-state index contributed by atoms with van der Waals surface area (Å²) in [6, 6.07) is 0. The van der Waals surface area contributed by atoms with E-state index in [1.807, 2.05) is 0 Å². The van der Waals surface area contributed by atoms with Crippen LogP contribution in [0.3, 0.4) is 0 Å². The average Bonchev–Trinajstić information content (AvgIpc) is 3.35. The van der Waals surface area contributed by atoms with Crippen molar-refractivity contribution >= 4 is 57.8 Å². The molecule has 34 heteroatoms. The second-order valence-corrected chi connectivity index (χ2v) is 14.2. The van der Waals surface area contributed by atoms with Gasteiger partial charge >= 0.3 is 12.6 Å². The predicted octanol–water partition coefficient (Wildman–Crippen LogP) is 7.27. The highest BCUT2D eigenvalue weighted by molar-refractivity contribution is 7.10. The molecular weight excluding hydrogens is 1090 g/mol. The van der Waals surface area contributed by atoms with Crippen LogP contribution in [0.25, 0.3) is 0 Å². The lowest BCUT2D eigenvalue weighted by Gasteiger charge is -2.31. The molecule has 0 aliphatic carbocycles. The number of halogens is 30. The van der Waals surface area contributed by atoms with Gasteiger partial charge in [0.05, 0.1) is 0 Å². The predicted molar refractivity (Wildman–Crippen MR) is 185 cm³/mol. The Bertz CT molecular complexity index is 2730. The van der Waals surface area contributed by atoms with Crippen LogP contribution < -0.4 is 42.6 Å². The molecule has 5 radical (unpaired) electrons. The van der Waals surface area contributed by atoms with Crippen LogP contribution in [0.4, 0.5) is 132 Å². The summed E-state index contributed by atoms with van der Waals surface area (Å²) >= 11 is 0. The van der Waals surface area contributed by atoms with Crippen LogP contribution in [-0.2, 0) is 0 Å². The summed E-state index contributed by atoms with van der Waals surface area (Å²) in [4.78, 5) is 4.82. The third-order valence-corrected chi connectivity index (χ3v) is 10.6. The zero-order chi connectivity index (χ0) is 55.3. The van der Waals surface area contributed by atoms with Crippen LogP contribution in [0.15, 0.2) is 0 Å². The Kier molecular flexibility index (Phi) is 14.3. The molecule has 0 saturated carbocycles. The summed E-state index contributed by atoms with van der Waals surface area (Å²) in [6.45, 7) is 0. The molecule has 2 nitrogen and oxygen atoms in total. The SMILES string of the molecule is Fc1c(F)c(F)c([B-]([N+]=[C][CH][C]=[N+][B-](c2c(F)c(F)c(F)c(F)c2F)(c2c(F)c(F)c(F)c(F)c2F)c2c(F)c(F)c(F)c(F)c2F)(c2c(F)c(F)c(F)c(F)c2F)c2c(F)c(F)c(F)c(F)c2F)c(F)c1F. The quantitative estimate of drug-likeness (QED) is 0.0455. The van der Waals surface area contributed by atoms with Gasteiger partial charge in [0.15, 0.2) is 111 Å². The summed E-state index contributed by atoms with van der Waals surface area (Å²) in [6.07, 6.45) is -14.0. The lowest BCUT2D eigenvalue weighted by atomic mass is 9.24. The molecule has 0 heterocycles. The monoisotopic (exact) mass is 1090 g/mol. The largest absolute Gasteiger partial charge is 0.434 e. The van der Waals surface area contributed by atoms with Gasteiger partial charge in [-0.2, -0.15) is 0 Å². The van der Waals surface area contributed by atoms with Crippen LogP contribution in [0.2, 0.25) is 0 Å². The van der Waals surface area contributed by atoms with E-state index in [0.717, 1.165) is 0 Å². The Hall–Kier alpha value is -7.31. The first-order chi connectivity index (χ1) is 33.8. The van der Waals surface area contributed by atoms with E-state index >= 15 is 52.7 Å². The van der Waals surface area contributed by atoms with Crippen LogP contribution in [0.1, 0.15) is 0 Å². The first kappa shape index (κ1) is 55.0. The molecule has 0 fully saturated rings. The number of benzene rings is 6. The molecule has 0 spiro atoms. The molecule has 0 amide bonds. The minimum absolute atomic E-state index is 0.586. The van der Waals surface area contributed by atoms with Crippen molar-refractivity contribution in [2.45, 2.75) is 0 Å². The maximum absolute atomic E-state index is 15.8. The number of nitrogens with zero attached hydrogens (tertiary/aromatic N) is 2. The van der Waals surface area contributed by atoms with Crippen molar-refractivity contribution in [2.24, 2.45) is 0 Å². The van der Waals surface area contributed by atoms with Crippen molar-refractivity contribution in [3.8, 4) is 0 Å². The Morgan fingerprint density at radius 1 is 0.178 bits per heavy atom. The molecule has 0 aliphatic rings. The van der Waals surface area contributed by atoms with Gasteiger partial charge in [0.1, 0.15) is 69.8 Å². The van der Waals surface area contributed by atoms with Gasteiger partial charge in [0, 0.05) is 0 Å². The van der Waals surface area contributed by atoms with Crippen molar-refractivity contribution in [3.63, 3.8) is 0 Å². The first-order valence-corrected chi connectivity index (χ1v) is 17.9. The summed E-state index contributed by atoms with van der Waals surface area (Å²) < 4.78 is 454. The lowest BCUT2D eigenvalue weighted by Crippen LogP contribution is -2.77. The molecule has 383 valence electrons.